The maximum Gasteiger partial charge on any atom is 0.0506 e. The summed E-state index contributed by atoms with van der Waals surface area (Å²) in [7, 11) is 0. The van der Waals surface area contributed by atoms with Crippen molar-refractivity contribution in [3.63, 3.8) is 0 Å². The lowest BCUT2D eigenvalue weighted by molar-refractivity contribution is 1.32. The Morgan fingerprint density at radius 1 is 0.933 bits per heavy atom. The van der Waals surface area contributed by atoms with Gasteiger partial charge in [-0.3, -0.25) is 9.97 Å². The highest BCUT2D eigenvalue weighted by molar-refractivity contribution is 5.70. The number of nitrogens with zero attached hydrogens (tertiary/aromatic N) is 2. The number of nitrogen functional groups attached to an aromatic ring is 1. The van der Waals surface area contributed by atoms with E-state index in [9.17, 15) is 0 Å². The molecule has 0 bridgehead atoms. The maximum atomic E-state index is 5.62. The van der Waals surface area contributed by atoms with E-state index in [0.29, 0.717) is 5.69 Å². The molecule has 0 aliphatic rings. The molecule has 0 unspecified atom stereocenters. The minimum Gasteiger partial charge on any atom is -0.397 e. The van der Waals surface area contributed by atoms with Crippen molar-refractivity contribution in [3.05, 3.63) is 54.1 Å². The SMILES string of the molecule is Nc1cncc(/C=C/c2ccncc2)c1. The summed E-state index contributed by atoms with van der Waals surface area (Å²) < 4.78 is 0. The second-order valence-corrected chi connectivity index (χ2v) is 3.17. The summed E-state index contributed by atoms with van der Waals surface area (Å²) in [5.74, 6) is 0. The van der Waals surface area contributed by atoms with Crippen LogP contribution in [0.4, 0.5) is 5.69 Å². The first-order valence-electron chi connectivity index (χ1n) is 4.63. The molecule has 2 rings (SSSR count). The molecule has 2 aromatic rings. The summed E-state index contributed by atoms with van der Waals surface area (Å²) in [5, 5.41) is 0. The lowest BCUT2D eigenvalue weighted by atomic mass is 10.2. The van der Waals surface area contributed by atoms with Crippen LogP contribution >= 0.6 is 0 Å². The van der Waals surface area contributed by atoms with Gasteiger partial charge in [0.15, 0.2) is 0 Å². The van der Waals surface area contributed by atoms with Crippen molar-refractivity contribution < 1.29 is 0 Å². The lowest BCUT2D eigenvalue weighted by Crippen LogP contribution is -1.86. The second kappa shape index (κ2) is 4.37. The molecule has 15 heavy (non-hydrogen) atoms. The highest BCUT2D eigenvalue weighted by Crippen LogP contribution is 2.08. The van der Waals surface area contributed by atoms with Gasteiger partial charge in [-0.1, -0.05) is 12.2 Å². The number of aromatic nitrogens is 2. The minimum atomic E-state index is 0.673. The summed E-state index contributed by atoms with van der Waals surface area (Å²) in [4.78, 5) is 7.96. The third kappa shape index (κ3) is 2.64. The van der Waals surface area contributed by atoms with Gasteiger partial charge in [-0.15, -0.1) is 0 Å². The van der Waals surface area contributed by atoms with E-state index in [1.165, 1.54) is 0 Å². The van der Waals surface area contributed by atoms with Crippen LogP contribution in [0.25, 0.3) is 12.2 Å². The zero-order valence-electron chi connectivity index (χ0n) is 8.17. The second-order valence-electron chi connectivity index (χ2n) is 3.17. The maximum absolute atomic E-state index is 5.62. The van der Waals surface area contributed by atoms with E-state index < -0.39 is 0 Å². The monoisotopic (exact) mass is 197 g/mol. The van der Waals surface area contributed by atoms with Crippen molar-refractivity contribution in [3.8, 4) is 0 Å². The average Bonchev–Trinajstić information content (AvgIpc) is 2.28. The molecule has 0 radical (unpaired) electrons. The number of hydrogen-bond donors (Lipinski definition) is 1. The molecule has 74 valence electrons. The predicted molar refractivity (Wildman–Crippen MR) is 61.8 cm³/mol. The molecule has 0 aliphatic heterocycles. The third-order valence-electron chi connectivity index (χ3n) is 1.95. The largest absolute Gasteiger partial charge is 0.397 e. The lowest BCUT2D eigenvalue weighted by Gasteiger charge is -1.95. The van der Waals surface area contributed by atoms with Crippen LogP contribution in [0, 0.1) is 0 Å². The molecule has 0 aromatic carbocycles. The van der Waals surface area contributed by atoms with E-state index in [1.54, 1.807) is 24.8 Å². The van der Waals surface area contributed by atoms with Gasteiger partial charge in [-0.25, -0.2) is 0 Å². The minimum absolute atomic E-state index is 0.673. The molecule has 2 aromatic heterocycles. The number of hydrogen-bond acceptors (Lipinski definition) is 3. The van der Waals surface area contributed by atoms with Gasteiger partial charge in [0.05, 0.1) is 5.69 Å². The summed E-state index contributed by atoms with van der Waals surface area (Å²) >= 11 is 0. The predicted octanol–water partition coefficient (Wildman–Crippen LogP) is 2.23. The highest BCUT2D eigenvalue weighted by atomic mass is 14.7. The van der Waals surface area contributed by atoms with Gasteiger partial charge in [-0.05, 0) is 29.3 Å². The Morgan fingerprint density at radius 3 is 2.40 bits per heavy atom. The normalized spacial score (nSPS) is 10.7. The molecule has 0 saturated heterocycles. The Labute approximate surface area is 88.3 Å². The van der Waals surface area contributed by atoms with Gasteiger partial charge < -0.3 is 5.73 Å². The smallest absolute Gasteiger partial charge is 0.0506 e. The first kappa shape index (κ1) is 9.40. The molecule has 0 aliphatic carbocycles. The van der Waals surface area contributed by atoms with Crippen LogP contribution in [-0.2, 0) is 0 Å². The quantitative estimate of drug-likeness (QED) is 0.803. The first-order chi connectivity index (χ1) is 7.34. The van der Waals surface area contributed by atoms with E-state index in [0.717, 1.165) is 11.1 Å². The Hall–Kier alpha value is -2.16. The fourth-order valence-corrected chi connectivity index (χ4v) is 1.23. The Morgan fingerprint density at radius 2 is 1.67 bits per heavy atom. The molecule has 0 amide bonds. The Kier molecular flexibility index (Phi) is 2.74. The summed E-state index contributed by atoms with van der Waals surface area (Å²) in [6.07, 6.45) is 10.9. The molecule has 0 atom stereocenters. The van der Waals surface area contributed by atoms with E-state index in [-0.39, 0.29) is 0 Å². The van der Waals surface area contributed by atoms with Crippen LogP contribution in [0.2, 0.25) is 0 Å². The first-order valence-corrected chi connectivity index (χ1v) is 4.63. The van der Waals surface area contributed by atoms with E-state index in [4.69, 9.17) is 5.73 Å². The number of anilines is 1. The highest BCUT2D eigenvalue weighted by Gasteiger charge is 1.89. The van der Waals surface area contributed by atoms with Crippen LogP contribution in [0.1, 0.15) is 11.1 Å². The van der Waals surface area contributed by atoms with Crippen LogP contribution in [0.5, 0.6) is 0 Å². The van der Waals surface area contributed by atoms with E-state index in [2.05, 4.69) is 9.97 Å². The molecule has 2 N–H and O–H groups in total. The third-order valence-corrected chi connectivity index (χ3v) is 1.95. The molecule has 3 heteroatoms. The van der Waals surface area contributed by atoms with Gasteiger partial charge in [0.2, 0.25) is 0 Å². The van der Waals surface area contributed by atoms with E-state index in [1.807, 2.05) is 30.4 Å². The van der Waals surface area contributed by atoms with Crippen molar-refractivity contribution in [2.75, 3.05) is 5.73 Å². The van der Waals surface area contributed by atoms with Crippen molar-refractivity contribution in [2.45, 2.75) is 0 Å². The average molecular weight is 197 g/mol. The van der Waals surface area contributed by atoms with Crippen LogP contribution in [0.3, 0.4) is 0 Å². The Bertz CT molecular complexity index is 463. The van der Waals surface area contributed by atoms with E-state index >= 15 is 0 Å². The topological polar surface area (TPSA) is 51.8 Å². The van der Waals surface area contributed by atoms with Crippen molar-refractivity contribution in [1.82, 2.24) is 9.97 Å². The van der Waals surface area contributed by atoms with Crippen molar-refractivity contribution in [2.24, 2.45) is 0 Å². The fraction of sp³-hybridized carbons (Fsp3) is 0. The molecule has 3 nitrogen and oxygen atoms in total. The molecular weight excluding hydrogens is 186 g/mol. The van der Waals surface area contributed by atoms with Gasteiger partial charge in [0, 0.05) is 24.8 Å². The van der Waals surface area contributed by atoms with Gasteiger partial charge in [0.25, 0.3) is 0 Å². The molecule has 0 fully saturated rings. The van der Waals surface area contributed by atoms with Crippen molar-refractivity contribution in [1.29, 1.82) is 0 Å². The van der Waals surface area contributed by atoms with Crippen LogP contribution in [0.15, 0.2) is 43.0 Å². The standard InChI is InChI=1S/C12H11N3/c13-12-7-11(8-15-9-12)2-1-10-3-5-14-6-4-10/h1-9H,13H2/b2-1+. The molecule has 0 saturated carbocycles. The number of rotatable bonds is 2. The summed E-state index contributed by atoms with van der Waals surface area (Å²) in [6.45, 7) is 0. The van der Waals surface area contributed by atoms with Gasteiger partial charge in [0.1, 0.15) is 0 Å². The molecule has 0 spiro atoms. The molecule has 2 heterocycles. The number of nitrogens with two attached hydrogens (primary N) is 1. The fourth-order valence-electron chi connectivity index (χ4n) is 1.23. The summed E-state index contributed by atoms with van der Waals surface area (Å²) in [5.41, 5.74) is 8.39. The van der Waals surface area contributed by atoms with Crippen LogP contribution in [-0.4, -0.2) is 9.97 Å². The summed E-state index contributed by atoms with van der Waals surface area (Å²) in [6, 6.07) is 5.76. The van der Waals surface area contributed by atoms with Crippen LogP contribution < -0.4 is 5.73 Å². The van der Waals surface area contributed by atoms with Gasteiger partial charge >= 0.3 is 0 Å². The number of pyridine rings is 2. The van der Waals surface area contributed by atoms with Crippen molar-refractivity contribution >= 4 is 17.8 Å². The Balaban J connectivity index is 2.19. The zero-order valence-corrected chi connectivity index (χ0v) is 8.17. The molecular formula is C12H11N3. The van der Waals surface area contributed by atoms with Gasteiger partial charge in [-0.2, -0.15) is 0 Å². The zero-order chi connectivity index (χ0) is 10.5.